The Bertz CT molecular complexity index is 1030. The molecule has 0 N–H and O–H groups in total. The molecule has 0 spiro atoms. The summed E-state index contributed by atoms with van der Waals surface area (Å²) in [6.07, 6.45) is 15.5. The molecule has 4 rings (SSSR count). The number of piperidine rings is 1. The smallest absolute Gasteiger partial charge is 0.255 e. The zero-order chi connectivity index (χ0) is 22.7. The van der Waals surface area contributed by atoms with Crippen LogP contribution in [0.3, 0.4) is 0 Å². The SMILES string of the molecule is COc1ccc(C2=C\C(=O)N3C=C(N4CCC(CN(C)C)CC4)C=C\C3=C/C=C/2)cc1F. The largest absolute Gasteiger partial charge is 0.494 e. The van der Waals surface area contributed by atoms with Crippen LogP contribution < -0.4 is 4.74 Å². The number of rotatable bonds is 5. The van der Waals surface area contributed by atoms with Crippen molar-refractivity contribution in [1.29, 1.82) is 0 Å². The van der Waals surface area contributed by atoms with E-state index in [4.69, 9.17) is 4.74 Å². The summed E-state index contributed by atoms with van der Waals surface area (Å²) in [6, 6.07) is 4.72. The molecule has 5 nitrogen and oxygen atoms in total. The molecule has 1 fully saturated rings. The van der Waals surface area contributed by atoms with E-state index < -0.39 is 5.82 Å². The number of amides is 1. The summed E-state index contributed by atoms with van der Waals surface area (Å²) >= 11 is 0. The van der Waals surface area contributed by atoms with Crippen molar-refractivity contribution in [2.75, 3.05) is 40.8 Å². The van der Waals surface area contributed by atoms with E-state index in [1.54, 1.807) is 23.1 Å². The van der Waals surface area contributed by atoms with Gasteiger partial charge in [-0.05, 0) is 74.4 Å². The average Bonchev–Trinajstić information content (AvgIpc) is 2.77. The first-order chi connectivity index (χ1) is 15.4. The Kier molecular flexibility index (Phi) is 6.61. The molecule has 1 amide bonds. The van der Waals surface area contributed by atoms with E-state index in [9.17, 15) is 9.18 Å². The van der Waals surface area contributed by atoms with Gasteiger partial charge in [-0.2, -0.15) is 0 Å². The van der Waals surface area contributed by atoms with Gasteiger partial charge in [-0.25, -0.2) is 4.39 Å². The molecule has 168 valence electrons. The number of carbonyl (C=O) groups is 1. The highest BCUT2D eigenvalue weighted by Crippen LogP contribution is 2.29. The molecule has 1 aromatic rings. The Hall–Kier alpha value is -3.12. The van der Waals surface area contributed by atoms with Crippen LogP contribution in [0, 0.1) is 11.7 Å². The standard InChI is InChI=1S/C26H30FN3O2/c1-28(2)17-19-11-13-29(14-12-19)23-9-8-22-6-4-5-20(16-26(31)30(22)18-23)21-7-10-25(32-3)24(27)15-21/h4-10,15-16,18-19H,11-14,17H2,1-3H3/b5-4+,20-16+,22-6+. The summed E-state index contributed by atoms with van der Waals surface area (Å²) in [5.74, 6) is 0.288. The highest BCUT2D eigenvalue weighted by Gasteiger charge is 2.24. The van der Waals surface area contributed by atoms with Gasteiger partial charge in [0.15, 0.2) is 11.6 Å². The van der Waals surface area contributed by atoms with Gasteiger partial charge >= 0.3 is 0 Å². The Morgan fingerprint density at radius 2 is 1.88 bits per heavy atom. The number of likely N-dealkylation sites (tertiary alicyclic amines) is 1. The average molecular weight is 436 g/mol. The topological polar surface area (TPSA) is 36.0 Å². The number of benzene rings is 1. The van der Waals surface area contributed by atoms with E-state index >= 15 is 0 Å². The Labute approximate surface area is 189 Å². The van der Waals surface area contributed by atoms with Gasteiger partial charge in [-0.3, -0.25) is 9.69 Å². The maximum atomic E-state index is 14.2. The maximum Gasteiger partial charge on any atom is 0.255 e. The number of allylic oxidation sites excluding steroid dienone is 6. The van der Waals surface area contributed by atoms with Gasteiger partial charge in [0.1, 0.15) is 0 Å². The van der Waals surface area contributed by atoms with Crippen LogP contribution >= 0.6 is 0 Å². The van der Waals surface area contributed by atoms with Crippen LogP contribution in [0.5, 0.6) is 5.75 Å². The zero-order valence-electron chi connectivity index (χ0n) is 18.9. The van der Waals surface area contributed by atoms with Crippen molar-refractivity contribution in [3.63, 3.8) is 0 Å². The van der Waals surface area contributed by atoms with Gasteiger partial charge in [0.25, 0.3) is 5.91 Å². The van der Waals surface area contributed by atoms with E-state index in [1.807, 2.05) is 30.5 Å². The number of halogens is 1. The van der Waals surface area contributed by atoms with Crippen LogP contribution in [-0.2, 0) is 4.79 Å². The molecule has 3 aliphatic rings. The van der Waals surface area contributed by atoms with Gasteiger partial charge in [-0.1, -0.05) is 18.2 Å². The van der Waals surface area contributed by atoms with Crippen molar-refractivity contribution in [2.45, 2.75) is 12.8 Å². The summed E-state index contributed by atoms with van der Waals surface area (Å²) in [5, 5.41) is 0. The van der Waals surface area contributed by atoms with Crippen LogP contribution in [0.1, 0.15) is 18.4 Å². The minimum absolute atomic E-state index is 0.156. The van der Waals surface area contributed by atoms with Gasteiger partial charge in [-0.15, -0.1) is 0 Å². The molecular weight excluding hydrogens is 405 g/mol. The first kappa shape index (κ1) is 22.1. The number of methoxy groups -OCH3 is 1. The molecule has 3 aliphatic heterocycles. The Balaban J connectivity index is 1.53. The molecular formula is C26H30FN3O2. The summed E-state index contributed by atoms with van der Waals surface area (Å²) < 4.78 is 19.2. The highest BCUT2D eigenvalue weighted by atomic mass is 19.1. The van der Waals surface area contributed by atoms with Crippen LogP contribution in [0.15, 0.2) is 72.2 Å². The minimum atomic E-state index is -0.453. The van der Waals surface area contributed by atoms with E-state index in [1.165, 1.54) is 13.2 Å². The third-order valence-corrected chi connectivity index (χ3v) is 6.11. The second kappa shape index (κ2) is 9.57. The number of fused-ring (bicyclic) bond motifs is 1. The molecule has 3 heterocycles. The third-order valence-electron chi connectivity index (χ3n) is 6.11. The zero-order valence-corrected chi connectivity index (χ0v) is 18.9. The molecule has 0 unspecified atom stereocenters. The summed E-state index contributed by atoms with van der Waals surface area (Å²) in [4.78, 5) is 19.4. The molecule has 1 aromatic carbocycles. The van der Waals surface area contributed by atoms with Crippen molar-refractivity contribution in [2.24, 2.45) is 5.92 Å². The Morgan fingerprint density at radius 1 is 1.12 bits per heavy atom. The first-order valence-corrected chi connectivity index (χ1v) is 11.0. The fraction of sp³-hybridized carbons (Fsp3) is 0.346. The number of hydrogen-bond acceptors (Lipinski definition) is 4. The molecule has 0 aliphatic carbocycles. The predicted octanol–water partition coefficient (Wildman–Crippen LogP) is 4.18. The van der Waals surface area contributed by atoms with E-state index in [0.29, 0.717) is 17.1 Å². The van der Waals surface area contributed by atoms with Crippen LogP contribution in [-0.4, -0.2) is 61.4 Å². The molecule has 0 bridgehead atoms. The minimum Gasteiger partial charge on any atom is -0.494 e. The van der Waals surface area contributed by atoms with Crippen LogP contribution in [0.25, 0.3) is 5.57 Å². The molecule has 6 heteroatoms. The lowest BCUT2D eigenvalue weighted by Crippen LogP contribution is -2.38. The van der Waals surface area contributed by atoms with Crippen LogP contribution in [0.4, 0.5) is 4.39 Å². The van der Waals surface area contributed by atoms with Gasteiger partial charge in [0.2, 0.25) is 0 Å². The van der Waals surface area contributed by atoms with Gasteiger partial charge in [0.05, 0.1) is 12.8 Å². The monoisotopic (exact) mass is 435 g/mol. The lowest BCUT2D eigenvalue weighted by Gasteiger charge is -2.37. The van der Waals surface area contributed by atoms with E-state index in [2.05, 4.69) is 30.0 Å². The maximum absolute atomic E-state index is 14.2. The lowest BCUT2D eigenvalue weighted by molar-refractivity contribution is -0.122. The Morgan fingerprint density at radius 3 is 2.56 bits per heavy atom. The van der Waals surface area contributed by atoms with Gasteiger partial charge in [0, 0.05) is 37.6 Å². The number of hydrogen-bond donors (Lipinski definition) is 0. The van der Waals surface area contributed by atoms with E-state index in [-0.39, 0.29) is 11.7 Å². The number of ether oxygens (including phenoxy) is 1. The quantitative estimate of drug-likeness (QED) is 0.695. The predicted molar refractivity (Wildman–Crippen MR) is 125 cm³/mol. The molecule has 32 heavy (non-hydrogen) atoms. The number of nitrogens with zero attached hydrogens (tertiary/aromatic N) is 3. The van der Waals surface area contributed by atoms with Crippen molar-refractivity contribution in [3.05, 3.63) is 83.6 Å². The normalized spacial score (nSPS) is 23.5. The third kappa shape index (κ3) is 4.86. The van der Waals surface area contributed by atoms with Gasteiger partial charge < -0.3 is 14.5 Å². The molecule has 0 saturated carbocycles. The second-order valence-corrected chi connectivity index (χ2v) is 8.69. The molecule has 0 atom stereocenters. The molecule has 0 aromatic heterocycles. The molecule has 0 radical (unpaired) electrons. The number of carbonyl (C=O) groups excluding carboxylic acids is 1. The van der Waals surface area contributed by atoms with Crippen molar-refractivity contribution in [1.82, 2.24) is 14.7 Å². The lowest BCUT2D eigenvalue weighted by atomic mass is 9.96. The van der Waals surface area contributed by atoms with Crippen molar-refractivity contribution in [3.8, 4) is 5.75 Å². The highest BCUT2D eigenvalue weighted by molar-refractivity contribution is 5.99. The second-order valence-electron chi connectivity index (χ2n) is 8.69. The summed E-state index contributed by atoms with van der Waals surface area (Å²) in [7, 11) is 5.68. The fourth-order valence-corrected chi connectivity index (χ4v) is 4.43. The fourth-order valence-electron chi connectivity index (χ4n) is 4.43. The molecule has 1 saturated heterocycles. The summed E-state index contributed by atoms with van der Waals surface area (Å²) in [5.41, 5.74) is 3.15. The van der Waals surface area contributed by atoms with Crippen LogP contribution in [0.2, 0.25) is 0 Å². The van der Waals surface area contributed by atoms with Crippen molar-refractivity contribution < 1.29 is 13.9 Å². The summed E-state index contributed by atoms with van der Waals surface area (Å²) in [6.45, 7) is 3.09. The van der Waals surface area contributed by atoms with Crippen molar-refractivity contribution >= 4 is 11.5 Å². The van der Waals surface area contributed by atoms with E-state index in [0.717, 1.165) is 43.9 Å². The first-order valence-electron chi connectivity index (χ1n) is 11.0.